The van der Waals surface area contributed by atoms with E-state index < -0.39 is 17.6 Å². The zero-order valence-corrected chi connectivity index (χ0v) is 8.05. The van der Waals surface area contributed by atoms with Crippen molar-refractivity contribution in [2.45, 2.75) is 24.5 Å². The molecule has 0 radical (unpaired) electrons. The van der Waals surface area contributed by atoms with Crippen LogP contribution in [0.25, 0.3) is 0 Å². The number of halogens is 2. The molecule has 2 nitrogen and oxygen atoms in total. The van der Waals surface area contributed by atoms with Crippen molar-refractivity contribution in [3.05, 3.63) is 22.8 Å². The summed E-state index contributed by atoms with van der Waals surface area (Å²) in [6.45, 7) is 1.80. The molecule has 1 aliphatic rings. The van der Waals surface area contributed by atoms with Crippen molar-refractivity contribution < 1.29 is 10.2 Å². The average Bonchev–Trinajstić information content (AvgIpc) is 2.23. The van der Waals surface area contributed by atoms with Gasteiger partial charge in [-0.3, -0.25) is 0 Å². The Morgan fingerprint density at radius 1 is 1.33 bits per heavy atom. The first kappa shape index (κ1) is 10.1. The third kappa shape index (κ3) is 1.52. The van der Waals surface area contributed by atoms with E-state index in [1.54, 1.807) is 19.1 Å². The lowest BCUT2D eigenvalue weighted by molar-refractivity contribution is 0.152. The van der Waals surface area contributed by atoms with E-state index in [9.17, 15) is 10.2 Å². The summed E-state index contributed by atoms with van der Waals surface area (Å²) in [6, 6.07) is 0. The van der Waals surface area contributed by atoms with E-state index in [0.717, 1.165) is 0 Å². The number of hydrogen-bond acceptors (Lipinski definition) is 2. The molecular weight excluding hydrogens is 199 g/mol. The van der Waals surface area contributed by atoms with Crippen LogP contribution in [0.4, 0.5) is 0 Å². The van der Waals surface area contributed by atoms with Gasteiger partial charge in [-0.1, -0.05) is 23.8 Å². The lowest BCUT2D eigenvalue weighted by Gasteiger charge is -2.10. The zero-order chi connectivity index (χ0) is 9.30. The summed E-state index contributed by atoms with van der Waals surface area (Å²) in [6.07, 6.45) is 1.57. The molecule has 68 valence electrons. The summed E-state index contributed by atoms with van der Waals surface area (Å²) in [5, 5.41) is 18.3. The second-order valence-electron chi connectivity index (χ2n) is 2.64. The molecule has 0 fully saturated rings. The molecule has 0 bridgehead atoms. The lowest BCUT2D eigenvalue weighted by Crippen LogP contribution is -2.25. The molecule has 3 atom stereocenters. The number of aliphatic hydroxyl groups excluding tert-OH is 2. The third-order valence-corrected chi connectivity index (χ3v) is 2.72. The highest BCUT2D eigenvalue weighted by molar-refractivity contribution is 6.33. The number of alkyl halides is 1. The number of rotatable bonds is 1. The van der Waals surface area contributed by atoms with Gasteiger partial charge in [-0.25, -0.2) is 0 Å². The highest BCUT2D eigenvalue weighted by Gasteiger charge is 2.37. The van der Waals surface area contributed by atoms with Crippen molar-refractivity contribution >= 4 is 23.2 Å². The van der Waals surface area contributed by atoms with Crippen LogP contribution in [0.3, 0.4) is 0 Å². The van der Waals surface area contributed by atoms with E-state index >= 15 is 0 Å². The first-order valence-corrected chi connectivity index (χ1v) is 4.43. The average molecular weight is 209 g/mol. The van der Waals surface area contributed by atoms with Crippen LogP contribution in [0.15, 0.2) is 22.8 Å². The van der Waals surface area contributed by atoms with Crippen LogP contribution >= 0.6 is 23.2 Å². The van der Waals surface area contributed by atoms with Crippen LogP contribution in [0, 0.1) is 0 Å². The van der Waals surface area contributed by atoms with Crippen LogP contribution in [-0.2, 0) is 0 Å². The van der Waals surface area contributed by atoms with Gasteiger partial charge in [0.15, 0.2) is 0 Å². The quantitative estimate of drug-likeness (QED) is 0.641. The Morgan fingerprint density at radius 3 is 2.25 bits per heavy atom. The molecule has 0 amide bonds. The molecule has 1 rings (SSSR count). The van der Waals surface area contributed by atoms with Gasteiger partial charge in [0.2, 0.25) is 0 Å². The van der Waals surface area contributed by atoms with Crippen LogP contribution in [-0.4, -0.2) is 27.8 Å². The summed E-state index contributed by atoms with van der Waals surface area (Å²) in [5.74, 6) is 0. The molecule has 1 aliphatic carbocycles. The van der Waals surface area contributed by atoms with Crippen molar-refractivity contribution in [2.75, 3.05) is 0 Å². The molecule has 0 aliphatic heterocycles. The van der Waals surface area contributed by atoms with Gasteiger partial charge in [0, 0.05) is 0 Å². The van der Waals surface area contributed by atoms with Gasteiger partial charge >= 0.3 is 0 Å². The van der Waals surface area contributed by atoms with Gasteiger partial charge in [0.1, 0.15) is 6.10 Å². The predicted octanol–water partition coefficient (Wildman–Crippen LogP) is 1.40. The maximum Gasteiger partial charge on any atom is 0.109 e. The van der Waals surface area contributed by atoms with Crippen molar-refractivity contribution in [1.29, 1.82) is 0 Å². The summed E-state index contributed by atoms with van der Waals surface area (Å²) in [4.78, 5) is 0. The fraction of sp³-hybridized carbons (Fsp3) is 0.500. The SMILES string of the molecule is C/C=C/C1=C(Cl)[C@@H](O)[C@@H](Cl)C1O. The molecule has 0 spiro atoms. The van der Waals surface area contributed by atoms with Crippen molar-refractivity contribution in [2.24, 2.45) is 0 Å². The molecule has 0 aromatic heterocycles. The highest BCUT2D eigenvalue weighted by Crippen LogP contribution is 2.34. The normalized spacial score (nSPS) is 36.9. The minimum absolute atomic E-state index is 0.237. The topological polar surface area (TPSA) is 40.5 Å². The van der Waals surface area contributed by atoms with Crippen molar-refractivity contribution in [1.82, 2.24) is 0 Å². The monoisotopic (exact) mass is 208 g/mol. The Kier molecular flexibility index (Phi) is 3.18. The number of aliphatic hydroxyl groups is 2. The molecule has 0 aromatic rings. The fourth-order valence-corrected chi connectivity index (χ4v) is 1.79. The Balaban J connectivity index is 2.96. The van der Waals surface area contributed by atoms with E-state index in [-0.39, 0.29) is 5.03 Å². The van der Waals surface area contributed by atoms with E-state index in [1.165, 1.54) is 0 Å². The second-order valence-corrected chi connectivity index (χ2v) is 3.55. The van der Waals surface area contributed by atoms with Crippen LogP contribution in [0.5, 0.6) is 0 Å². The third-order valence-electron chi connectivity index (χ3n) is 1.80. The molecule has 1 unspecified atom stereocenters. The van der Waals surface area contributed by atoms with Gasteiger partial charge in [-0.05, 0) is 12.5 Å². The standard InChI is InChI=1S/C8H10Cl2O2/c1-2-3-4-5(9)8(12)6(10)7(4)11/h2-3,6-8,11-12H,1H3/b3-2+/t6-,7?,8+/m0/s1. The van der Waals surface area contributed by atoms with E-state index in [4.69, 9.17) is 23.2 Å². The Bertz CT molecular complexity index is 235. The summed E-state index contributed by atoms with van der Waals surface area (Å²) in [7, 11) is 0. The molecule has 0 heterocycles. The Labute approximate surface area is 81.1 Å². The van der Waals surface area contributed by atoms with Crippen molar-refractivity contribution in [3.63, 3.8) is 0 Å². The van der Waals surface area contributed by atoms with Gasteiger partial charge in [0.25, 0.3) is 0 Å². The van der Waals surface area contributed by atoms with Crippen LogP contribution in [0.2, 0.25) is 0 Å². The van der Waals surface area contributed by atoms with Gasteiger partial charge in [-0.15, -0.1) is 11.6 Å². The first-order valence-electron chi connectivity index (χ1n) is 3.62. The smallest absolute Gasteiger partial charge is 0.109 e. The predicted molar refractivity (Wildman–Crippen MR) is 49.3 cm³/mol. The van der Waals surface area contributed by atoms with Gasteiger partial charge < -0.3 is 10.2 Å². The van der Waals surface area contributed by atoms with E-state index in [0.29, 0.717) is 5.57 Å². The minimum atomic E-state index is -0.950. The zero-order valence-electron chi connectivity index (χ0n) is 6.54. The molecule has 4 heteroatoms. The minimum Gasteiger partial charge on any atom is -0.387 e. The molecule has 0 saturated carbocycles. The summed E-state index contributed by atoms with van der Waals surface area (Å²) >= 11 is 11.4. The molecular formula is C8H10Cl2O2. The lowest BCUT2D eigenvalue weighted by atomic mass is 10.2. The maximum atomic E-state index is 9.44. The van der Waals surface area contributed by atoms with Gasteiger partial charge in [-0.2, -0.15) is 0 Å². The van der Waals surface area contributed by atoms with E-state index in [1.807, 2.05) is 0 Å². The van der Waals surface area contributed by atoms with E-state index in [2.05, 4.69) is 0 Å². The Hall–Kier alpha value is -0.0200. The van der Waals surface area contributed by atoms with Crippen LogP contribution < -0.4 is 0 Å². The second kappa shape index (κ2) is 3.79. The van der Waals surface area contributed by atoms with Crippen molar-refractivity contribution in [3.8, 4) is 0 Å². The molecule has 0 aromatic carbocycles. The highest BCUT2D eigenvalue weighted by atomic mass is 35.5. The van der Waals surface area contributed by atoms with Gasteiger partial charge in [0.05, 0.1) is 16.5 Å². The fourth-order valence-electron chi connectivity index (χ4n) is 1.15. The summed E-state index contributed by atoms with van der Waals surface area (Å²) < 4.78 is 0. The molecule has 12 heavy (non-hydrogen) atoms. The van der Waals surface area contributed by atoms with Crippen LogP contribution in [0.1, 0.15) is 6.92 Å². The molecule has 2 N–H and O–H groups in total. The Morgan fingerprint density at radius 2 is 1.92 bits per heavy atom. The first-order chi connectivity index (χ1) is 5.59. The largest absolute Gasteiger partial charge is 0.387 e. The number of hydrogen-bond donors (Lipinski definition) is 2. The molecule has 0 saturated heterocycles. The number of allylic oxidation sites excluding steroid dienone is 1. The summed E-state index contributed by atoms with van der Waals surface area (Å²) in [5.41, 5.74) is 0.506. The maximum absolute atomic E-state index is 9.44.